The molecular formula is C15H16N4S2. The lowest BCUT2D eigenvalue weighted by Crippen LogP contribution is -2.02. The summed E-state index contributed by atoms with van der Waals surface area (Å²) in [6.45, 7) is 0.756. The fourth-order valence-electron chi connectivity index (χ4n) is 2.03. The van der Waals surface area contributed by atoms with Crippen molar-refractivity contribution in [2.45, 2.75) is 24.5 Å². The van der Waals surface area contributed by atoms with E-state index in [0.717, 1.165) is 30.3 Å². The van der Waals surface area contributed by atoms with Crippen molar-refractivity contribution < 1.29 is 0 Å². The Kier molecular flexibility index (Phi) is 5.02. The van der Waals surface area contributed by atoms with Crippen LogP contribution in [0.5, 0.6) is 0 Å². The molecule has 0 fully saturated rings. The molecule has 6 heteroatoms. The number of aryl methyl sites for hydroxylation is 1. The number of nitrogens with zero attached hydrogens (tertiary/aromatic N) is 4. The van der Waals surface area contributed by atoms with Crippen LogP contribution >= 0.6 is 23.1 Å². The summed E-state index contributed by atoms with van der Waals surface area (Å²) in [6, 6.07) is 14.7. The molecule has 0 saturated carbocycles. The van der Waals surface area contributed by atoms with Gasteiger partial charge < -0.3 is 0 Å². The standard InChI is InChI=1S/C15H16N4S2/c1-2-6-13(7-3-1)8-4-11-21-15-16-17-18-19(15)12-14-9-5-10-20-14/h1-3,5-7,9-10H,4,8,11-12H2. The summed E-state index contributed by atoms with van der Waals surface area (Å²) in [5.41, 5.74) is 1.39. The molecule has 0 aliphatic rings. The Bertz CT molecular complexity index is 649. The third kappa shape index (κ3) is 4.15. The molecule has 0 saturated heterocycles. The lowest BCUT2D eigenvalue weighted by Gasteiger charge is -2.03. The second-order valence-corrected chi connectivity index (χ2v) is 6.73. The summed E-state index contributed by atoms with van der Waals surface area (Å²) in [4.78, 5) is 1.27. The van der Waals surface area contributed by atoms with E-state index in [0.29, 0.717) is 0 Å². The molecule has 0 unspecified atom stereocenters. The zero-order chi connectivity index (χ0) is 14.3. The first-order valence-corrected chi connectivity index (χ1v) is 8.73. The van der Waals surface area contributed by atoms with Gasteiger partial charge >= 0.3 is 0 Å². The van der Waals surface area contributed by atoms with Gasteiger partial charge in [0.25, 0.3) is 0 Å². The Morgan fingerprint density at radius 3 is 2.81 bits per heavy atom. The number of rotatable bonds is 7. The van der Waals surface area contributed by atoms with Gasteiger partial charge in [-0.3, -0.25) is 0 Å². The largest absolute Gasteiger partial charge is 0.215 e. The maximum Gasteiger partial charge on any atom is 0.209 e. The maximum atomic E-state index is 4.11. The van der Waals surface area contributed by atoms with E-state index in [1.54, 1.807) is 23.1 Å². The molecule has 1 aromatic carbocycles. The summed E-state index contributed by atoms with van der Waals surface area (Å²) in [7, 11) is 0. The van der Waals surface area contributed by atoms with E-state index >= 15 is 0 Å². The Morgan fingerprint density at radius 1 is 1.10 bits per heavy atom. The average molecular weight is 316 g/mol. The van der Waals surface area contributed by atoms with Crippen molar-refractivity contribution in [3.8, 4) is 0 Å². The van der Waals surface area contributed by atoms with Crippen LogP contribution in [0.2, 0.25) is 0 Å². The molecule has 0 atom stereocenters. The molecule has 0 amide bonds. The third-order valence-electron chi connectivity index (χ3n) is 3.07. The molecule has 0 aliphatic carbocycles. The highest BCUT2D eigenvalue weighted by molar-refractivity contribution is 7.99. The molecule has 3 rings (SSSR count). The molecular weight excluding hydrogens is 300 g/mol. The predicted molar refractivity (Wildman–Crippen MR) is 86.7 cm³/mol. The van der Waals surface area contributed by atoms with Crippen LogP contribution in [0.15, 0.2) is 53.0 Å². The van der Waals surface area contributed by atoms with Gasteiger partial charge in [-0.2, -0.15) is 0 Å². The van der Waals surface area contributed by atoms with Crippen molar-refractivity contribution in [3.05, 3.63) is 58.3 Å². The molecule has 0 aliphatic heterocycles. The van der Waals surface area contributed by atoms with Crippen LogP contribution < -0.4 is 0 Å². The normalized spacial score (nSPS) is 10.9. The second kappa shape index (κ2) is 7.38. The van der Waals surface area contributed by atoms with Gasteiger partial charge in [-0.25, -0.2) is 4.68 Å². The fourth-order valence-corrected chi connectivity index (χ4v) is 3.54. The van der Waals surface area contributed by atoms with Crippen molar-refractivity contribution in [3.63, 3.8) is 0 Å². The minimum Gasteiger partial charge on any atom is -0.215 e. The van der Waals surface area contributed by atoms with Crippen molar-refractivity contribution in [1.29, 1.82) is 0 Å². The van der Waals surface area contributed by atoms with Crippen LogP contribution in [0, 0.1) is 0 Å². The van der Waals surface area contributed by atoms with E-state index in [-0.39, 0.29) is 0 Å². The topological polar surface area (TPSA) is 43.6 Å². The van der Waals surface area contributed by atoms with Gasteiger partial charge in [-0.05, 0) is 40.3 Å². The highest BCUT2D eigenvalue weighted by atomic mass is 32.2. The van der Waals surface area contributed by atoms with Crippen molar-refractivity contribution in [2.75, 3.05) is 5.75 Å². The van der Waals surface area contributed by atoms with Crippen LogP contribution in [0.25, 0.3) is 0 Å². The van der Waals surface area contributed by atoms with Crippen LogP contribution in [-0.2, 0) is 13.0 Å². The zero-order valence-corrected chi connectivity index (χ0v) is 13.2. The highest BCUT2D eigenvalue weighted by Crippen LogP contribution is 2.18. The first kappa shape index (κ1) is 14.3. The summed E-state index contributed by atoms with van der Waals surface area (Å²) in [5.74, 6) is 1.03. The first-order valence-electron chi connectivity index (χ1n) is 6.87. The molecule has 3 aromatic rings. The molecule has 0 radical (unpaired) electrons. The van der Waals surface area contributed by atoms with E-state index in [9.17, 15) is 0 Å². The zero-order valence-electron chi connectivity index (χ0n) is 11.6. The molecule has 2 aromatic heterocycles. The van der Waals surface area contributed by atoms with E-state index in [1.165, 1.54) is 10.4 Å². The number of hydrogen-bond acceptors (Lipinski definition) is 5. The Labute approximate surface area is 132 Å². The molecule has 0 bridgehead atoms. The van der Waals surface area contributed by atoms with Crippen LogP contribution in [-0.4, -0.2) is 26.0 Å². The van der Waals surface area contributed by atoms with Gasteiger partial charge in [0.05, 0.1) is 6.54 Å². The van der Waals surface area contributed by atoms with Crippen molar-refractivity contribution in [2.24, 2.45) is 0 Å². The number of thiophene rings is 1. The van der Waals surface area contributed by atoms with E-state index in [4.69, 9.17) is 0 Å². The predicted octanol–water partition coefficient (Wildman–Crippen LogP) is 3.51. The molecule has 0 N–H and O–H groups in total. The highest BCUT2D eigenvalue weighted by Gasteiger charge is 2.07. The van der Waals surface area contributed by atoms with Gasteiger partial charge in [0.2, 0.25) is 5.16 Å². The SMILES string of the molecule is c1ccc(CCCSc2nnnn2Cc2cccs2)cc1. The third-order valence-corrected chi connectivity index (χ3v) is 4.97. The number of thioether (sulfide) groups is 1. The molecule has 2 heterocycles. The van der Waals surface area contributed by atoms with Crippen LogP contribution in [0.1, 0.15) is 16.9 Å². The smallest absolute Gasteiger partial charge is 0.209 e. The molecule has 21 heavy (non-hydrogen) atoms. The monoisotopic (exact) mass is 316 g/mol. The Morgan fingerprint density at radius 2 is 2.00 bits per heavy atom. The molecule has 4 nitrogen and oxygen atoms in total. The minimum atomic E-state index is 0.756. The van der Waals surface area contributed by atoms with Gasteiger partial charge in [0, 0.05) is 10.6 Å². The number of hydrogen-bond donors (Lipinski definition) is 0. The summed E-state index contributed by atoms with van der Waals surface area (Å²) < 4.78 is 1.87. The first-order chi connectivity index (χ1) is 10.4. The quantitative estimate of drug-likeness (QED) is 0.494. The van der Waals surface area contributed by atoms with Gasteiger partial charge in [0.1, 0.15) is 0 Å². The van der Waals surface area contributed by atoms with Crippen LogP contribution in [0.4, 0.5) is 0 Å². The average Bonchev–Trinajstić information content (AvgIpc) is 3.18. The minimum absolute atomic E-state index is 0.756. The number of benzene rings is 1. The fraction of sp³-hybridized carbons (Fsp3) is 0.267. The van der Waals surface area contributed by atoms with E-state index in [2.05, 4.69) is 63.4 Å². The summed E-state index contributed by atoms with van der Waals surface area (Å²) in [5, 5.41) is 14.9. The molecule has 0 spiro atoms. The van der Waals surface area contributed by atoms with E-state index < -0.39 is 0 Å². The van der Waals surface area contributed by atoms with Gasteiger partial charge in [0.15, 0.2) is 0 Å². The Balaban J connectivity index is 1.48. The lowest BCUT2D eigenvalue weighted by atomic mass is 10.1. The Hall–Kier alpha value is -1.66. The number of aromatic nitrogens is 4. The van der Waals surface area contributed by atoms with E-state index in [1.807, 2.05) is 4.68 Å². The van der Waals surface area contributed by atoms with Gasteiger partial charge in [-0.1, -0.05) is 48.2 Å². The van der Waals surface area contributed by atoms with Crippen molar-refractivity contribution >= 4 is 23.1 Å². The van der Waals surface area contributed by atoms with Gasteiger partial charge in [-0.15, -0.1) is 16.4 Å². The number of tetrazole rings is 1. The maximum absolute atomic E-state index is 4.11. The van der Waals surface area contributed by atoms with Crippen molar-refractivity contribution in [1.82, 2.24) is 20.2 Å². The van der Waals surface area contributed by atoms with Crippen LogP contribution in [0.3, 0.4) is 0 Å². The molecule has 108 valence electrons. The lowest BCUT2D eigenvalue weighted by molar-refractivity contribution is 0.608. The summed E-state index contributed by atoms with van der Waals surface area (Å²) in [6.07, 6.45) is 2.22. The second-order valence-electron chi connectivity index (χ2n) is 4.64. The summed E-state index contributed by atoms with van der Waals surface area (Å²) >= 11 is 3.46.